The van der Waals surface area contributed by atoms with Crippen LogP contribution in [0.5, 0.6) is 0 Å². The van der Waals surface area contributed by atoms with Gasteiger partial charge in [0.05, 0.1) is 5.56 Å². The zero-order valence-electron chi connectivity index (χ0n) is 15.9. The molecule has 28 heavy (non-hydrogen) atoms. The number of nitrogens with zero attached hydrogens (tertiary/aromatic N) is 4. The number of aromatic nitrogens is 3. The number of benzene rings is 2. The molecule has 3 aromatic rings. The van der Waals surface area contributed by atoms with Crippen molar-refractivity contribution < 1.29 is 13.2 Å². The summed E-state index contributed by atoms with van der Waals surface area (Å²) in [5, 5.41) is 9.34. The lowest BCUT2D eigenvalue weighted by molar-refractivity contribution is -0.137. The summed E-state index contributed by atoms with van der Waals surface area (Å²) in [7, 11) is 3.97. The van der Waals surface area contributed by atoms with Crippen LogP contribution in [0, 0.1) is 0 Å². The van der Waals surface area contributed by atoms with Crippen molar-refractivity contribution >= 4 is 17.4 Å². The number of rotatable bonds is 6. The molecule has 0 bridgehead atoms. The second-order valence-electron chi connectivity index (χ2n) is 6.48. The Morgan fingerprint density at radius 2 is 1.61 bits per heavy atom. The van der Waals surface area contributed by atoms with E-state index in [-0.39, 0.29) is 0 Å². The molecule has 0 saturated carbocycles. The van der Waals surface area contributed by atoms with Gasteiger partial charge in [0.25, 0.3) is 0 Å². The second kappa shape index (κ2) is 8.26. The molecule has 1 heterocycles. The lowest BCUT2D eigenvalue weighted by Crippen LogP contribution is -2.08. The van der Waals surface area contributed by atoms with Crippen molar-refractivity contribution in [2.24, 2.45) is 0 Å². The third-order valence-corrected chi connectivity index (χ3v) is 5.36. The predicted molar refractivity (Wildman–Crippen MR) is 106 cm³/mol. The molecule has 148 valence electrons. The van der Waals surface area contributed by atoms with Crippen LogP contribution in [-0.4, -0.2) is 28.9 Å². The Kier molecular flexibility index (Phi) is 5.98. The van der Waals surface area contributed by atoms with Crippen LogP contribution >= 0.6 is 11.8 Å². The summed E-state index contributed by atoms with van der Waals surface area (Å²) in [6, 6.07) is 13.3. The Morgan fingerprint density at radius 1 is 0.964 bits per heavy atom. The quantitative estimate of drug-likeness (QED) is 0.518. The standard InChI is InChI=1S/C20H21F3N4S/c1-4-27-18(15-7-11-17(12-8-15)26(2)3)24-25-19(27)28-13-14-5-9-16(10-6-14)20(21,22)23/h5-12H,4,13H2,1-3H3. The highest BCUT2D eigenvalue weighted by molar-refractivity contribution is 7.98. The monoisotopic (exact) mass is 406 g/mol. The minimum absolute atomic E-state index is 0.524. The van der Waals surface area contributed by atoms with E-state index >= 15 is 0 Å². The number of hydrogen-bond donors (Lipinski definition) is 0. The van der Waals surface area contributed by atoms with Crippen LogP contribution in [0.15, 0.2) is 53.7 Å². The largest absolute Gasteiger partial charge is 0.416 e. The van der Waals surface area contributed by atoms with Crippen molar-refractivity contribution in [3.63, 3.8) is 0 Å². The molecular formula is C20H21F3N4S. The number of halogens is 3. The summed E-state index contributed by atoms with van der Waals surface area (Å²) < 4.78 is 40.0. The molecule has 0 N–H and O–H groups in total. The van der Waals surface area contributed by atoms with Crippen LogP contribution in [-0.2, 0) is 18.5 Å². The topological polar surface area (TPSA) is 34.0 Å². The van der Waals surface area contributed by atoms with Gasteiger partial charge in [0.15, 0.2) is 11.0 Å². The third-order valence-electron chi connectivity index (χ3n) is 4.32. The highest BCUT2D eigenvalue weighted by Gasteiger charge is 2.29. The smallest absolute Gasteiger partial charge is 0.378 e. The molecule has 0 fully saturated rings. The molecule has 0 unspecified atom stereocenters. The average molecular weight is 406 g/mol. The van der Waals surface area contributed by atoms with E-state index in [1.165, 1.54) is 23.9 Å². The second-order valence-corrected chi connectivity index (χ2v) is 7.42. The molecule has 8 heteroatoms. The van der Waals surface area contributed by atoms with Crippen LogP contribution in [0.2, 0.25) is 0 Å². The van der Waals surface area contributed by atoms with Crippen molar-refractivity contribution in [2.45, 2.75) is 30.6 Å². The van der Waals surface area contributed by atoms with Gasteiger partial charge in [-0.05, 0) is 48.9 Å². The highest BCUT2D eigenvalue weighted by Crippen LogP contribution is 2.31. The molecule has 0 aliphatic heterocycles. The Balaban J connectivity index is 1.75. The first-order chi connectivity index (χ1) is 13.3. The molecule has 0 aliphatic rings. The number of alkyl halides is 3. The zero-order chi connectivity index (χ0) is 20.3. The van der Waals surface area contributed by atoms with Gasteiger partial charge in [0.2, 0.25) is 0 Å². The fourth-order valence-electron chi connectivity index (χ4n) is 2.74. The molecule has 0 saturated heterocycles. The molecule has 0 radical (unpaired) electrons. The highest BCUT2D eigenvalue weighted by atomic mass is 32.2. The lowest BCUT2D eigenvalue weighted by atomic mass is 10.1. The van der Waals surface area contributed by atoms with Gasteiger partial charge < -0.3 is 9.47 Å². The molecule has 0 aliphatic carbocycles. The van der Waals surface area contributed by atoms with E-state index in [0.717, 1.165) is 39.9 Å². The van der Waals surface area contributed by atoms with Crippen LogP contribution in [0.4, 0.5) is 18.9 Å². The van der Waals surface area contributed by atoms with Crippen LogP contribution in [0.3, 0.4) is 0 Å². The van der Waals surface area contributed by atoms with Gasteiger partial charge in [-0.1, -0.05) is 23.9 Å². The summed E-state index contributed by atoms with van der Waals surface area (Å²) in [6.07, 6.45) is -4.31. The molecule has 0 atom stereocenters. The summed E-state index contributed by atoms with van der Waals surface area (Å²) in [5.74, 6) is 1.30. The first kappa shape index (κ1) is 20.3. The van der Waals surface area contributed by atoms with Gasteiger partial charge in [-0.3, -0.25) is 0 Å². The maximum atomic E-state index is 12.7. The minimum atomic E-state index is -4.31. The summed E-state index contributed by atoms with van der Waals surface area (Å²) in [6.45, 7) is 2.72. The van der Waals surface area contributed by atoms with Gasteiger partial charge >= 0.3 is 6.18 Å². The first-order valence-electron chi connectivity index (χ1n) is 8.79. The maximum Gasteiger partial charge on any atom is 0.416 e. The van der Waals surface area contributed by atoms with Gasteiger partial charge in [-0.2, -0.15) is 13.2 Å². The molecule has 4 nitrogen and oxygen atoms in total. The SMILES string of the molecule is CCn1c(SCc2ccc(C(F)(F)F)cc2)nnc1-c1ccc(N(C)C)cc1. The molecule has 1 aromatic heterocycles. The minimum Gasteiger partial charge on any atom is -0.378 e. The predicted octanol–water partition coefficient (Wildman–Crippen LogP) is 5.34. The van der Waals surface area contributed by atoms with Crippen molar-refractivity contribution in [3.8, 4) is 11.4 Å². The van der Waals surface area contributed by atoms with E-state index in [0.29, 0.717) is 12.3 Å². The van der Waals surface area contributed by atoms with Crippen molar-refractivity contribution in [3.05, 3.63) is 59.7 Å². The van der Waals surface area contributed by atoms with Crippen molar-refractivity contribution in [1.29, 1.82) is 0 Å². The first-order valence-corrected chi connectivity index (χ1v) is 9.78. The van der Waals surface area contributed by atoms with Gasteiger partial charge in [-0.15, -0.1) is 10.2 Å². The van der Waals surface area contributed by atoms with E-state index in [1.54, 1.807) is 0 Å². The van der Waals surface area contributed by atoms with E-state index < -0.39 is 11.7 Å². The van der Waals surface area contributed by atoms with Crippen LogP contribution in [0.25, 0.3) is 11.4 Å². The molecule has 0 amide bonds. The fourth-order valence-corrected chi connectivity index (χ4v) is 3.70. The van der Waals surface area contributed by atoms with E-state index in [2.05, 4.69) is 10.2 Å². The van der Waals surface area contributed by atoms with E-state index in [1.807, 2.05) is 54.8 Å². The number of thioether (sulfide) groups is 1. The van der Waals surface area contributed by atoms with Crippen LogP contribution < -0.4 is 4.90 Å². The zero-order valence-corrected chi connectivity index (χ0v) is 16.7. The number of anilines is 1. The average Bonchev–Trinajstić information content (AvgIpc) is 3.09. The molecule has 2 aromatic carbocycles. The van der Waals surface area contributed by atoms with Crippen molar-refractivity contribution in [2.75, 3.05) is 19.0 Å². The lowest BCUT2D eigenvalue weighted by Gasteiger charge is -2.13. The Labute approximate surface area is 166 Å². The van der Waals surface area contributed by atoms with Crippen LogP contribution in [0.1, 0.15) is 18.1 Å². The van der Waals surface area contributed by atoms with E-state index in [9.17, 15) is 13.2 Å². The van der Waals surface area contributed by atoms with Crippen molar-refractivity contribution in [1.82, 2.24) is 14.8 Å². The molecular weight excluding hydrogens is 385 g/mol. The van der Waals surface area contributed by atoms with Gasteiger partial charge in [0.1, 0.15) is 0 Å². The summed E-state index contributed by atoms with van der Waals surface area (Å²) in [4.78, 5) is 2.03. The Bertz CT molecular complexity index is 916. The Morgan fingerprint density at radius 3 is 2.14 bits per heavy atom. The number of hydrogen-bond acceptors (Lipinski definition) is 4. The van der Waals surface area contributed by atoms with E-state index in [4.69, 9.17) is 0 Å². The normalized spacial score (nSPS) is 11.6. The molecule has 3 rings (SSSR count). The summed E-state index contributed by atoms with van der Waals surface area (Å²) >= 11 is 1.46. The maximum absolute atomic E-state index is 12.7. The fraction of sp³-hybridized carbons (Fsp3) is 0.300. The third kappa shape index (κ3) is 4.49. The summed E-state index contributed by atoms with van der Waals surface area (Å²) in [5.41, 5.74) is 2.24. The van der Waals surface area contributed by atoms with Gasteiger partial charge in [0, 0.05) is 37.6 Å². The Hall–Kier alpha value is -2.48. The van der Waals surface area contributed by atoms with Gasteiger partial charge in [-0.25, -0.2) is 0 Å². The molecule has 0 spiro atoms.